The van der Waals surface area contributed by atoms with Gasteiger partial charge in [0.2, 0.25) is 0 Å². The molecule has 0 spiro atoms. The van der Waals surface area contributed by atoms with Crippen LogP contribution in [0, 0.1) is 5.92 Å². The summed E-state index contributed by atoms with van der Waals surface area (Å²) >= 11 is 0. The zero-order valence-corrected chi connectivity index (χ0v) is 9.92. The molecular weight excluding hydrogens is 202 g/mol. The molecular formula is C12H21N3O. The highest BCUT2D eigenvalue weighted by atomic mass is 16.3. The monoisotopic (exact) mass is 223 g/mol. The van der Waals surface area contributed by atoms with E-state index in [4.69, 9.17) is 0 Å². The topological polar surface area (TPSA) is 41.3 Å². The smallest absolute Gasteiger partial charge is 0.0946 e. The number of likely N-dealkylation sites (tertiary alicyclic amines) is 1. The fraction of sp³-hybridized carbons (Fsp3) is 0.750. The van der Waals surface area contributed by atoms with Crippen LogP contribution in [0.25, 0.3) is 0 Å². The Hall–Kier alpha value is -0.870. The van der Waals surface area contributed by atoms with Crippen molar-refractivity contribution in [1.29, 1.82) is 0 Å². The SMILES string of the molecule is CC1CCCN(CCn2ccnc2)C1CO. The average Bonchev–Trinajstić information content (AvgIpc) is 2.79. The van der Waals surface area contributed by atoms with Gasteiger partial charge in [-0.1, -0.05) is 6.92 Å². The van der Waals surface area contributed by atoms with Gasteiger partial charge in [0.1, 0.15) is 0 Å². The van der Waals surface area contributed by atoms with Gasteiger partial charge in [-0.05, 0) is 25.3 Å². The van der Waals surface area contributed by atoms with E-state index >= 15 is 0 Å². The molecule has 0 aromatic carbocycles. The van der Waals surface area contributed by atoms with Crippen LogP contribution in [0.1, 0.15) is 19.8 Å². The Bertz CT molecular complexity index is 299. The maximum absolute atomic E-state index is 9.43. The van der Waals surface area contributed by atoms with Crippen LogP contribution in [0.4, 0.5) is 0 Å². The molecule has 1 aliphatic heterocycles. The molecule has 0 aliphatic carbocycles. The molecule has 4 heteroatoms. The minimum absolute atomic E-state index is 0.283. The number of piperidine rings is 1. The highest BCUT2D eigenvalue weighted by molar-refractivity contribution is 4.82. The van der Waals surface area contributed by atoms with E-state index in [1.54, 1.807) is 0 Å². The first-order valence-corrected chi connectivity index (χ1v) is 6.12. The number of nitrogens with zero attached hydrogens (tertiary/aromatic N) is 3. The molecule has 1 aromatic rings. The lowest BCUT2D eigenvalue weighted by Crippen LogP contribution is -2.47. The van der Waals surface area contributed by atoms with Crippen LogP contribution in [-0.2, 0) is 6.54 Å². The summed E-state index contributed by atoms with van der Waals surface area (Å²) in [7, 11) is 0. The summed E-state index contributed by atoms with van der Waals surface area (Å²) in [5, 5.41) is 9.43. The third-order valence-corrected chi connectivity index (χ3v) is 3.62. The van der Waals surface area contributed by atoms with Crippen molar-refractivity contribution in [3.8, 4) is 0 Å². The van der Waals surface area contributed by atoms with Crippen molar-refractivity contribution in [1.82, 2.24) is 14.5 Å². The Morgan fingerprint density at radius 2 is 2.31 bits per heavy atom. The molecule has 2 atom stereocenters. The molecule has 2 heterocycles. The Morgan fingerprint density at radius 3 is 3.00 bits per heavy atom. The zero-order valence-electron chi connectivity index (χ0n) is 9.92. The lowest BCUT2D eigenvalue weighted by Gasteiger charge is -2.39. The second-order valence-corrected chi connectivity index (χ2v) is 4.71. The van der Waals surface area contributed by atoms with E-state index in [1.165, 1.54) is 12.8 Å². The molecule has 1 aromatic heterocycles. The van der Waals surface area contributed by atoms with Gasteiger partial charge >= 0.3 is 0 Å². The Kier molecular flexibility index (Phi) is 3.96. The molecule has 0 bridgehead atoms. The summed E-state index contributed by atoms with van der Waals surface area (Å²) in [5.74, 6) is 0.613. The van der Waals surface area contributed by atoms with Crippen LogP contribution < -0.4 is 0 Å². The standard InChI is InChI=1S/C12H21N3O/c1-11-3-2-5-15(12(11)9-16)8-7-14-6-4-13-10-14/h4,6,10-12,16H,2-3,5,7-9H2,1H3. The van der Waals surface area contributed by atoms with Crippen molar-refractivity contribution in [2.24, 2.45) is 5.92 Å². The number of hydrogen-bond donors (Lipinski definition) is 1. The quantitative estimate of drug-likeness (QED) is 0.827. The maximum atomic E-state index is 9.43. The summed E-state index contributed by atoms with van der Waals surface area (Å²) < 4.78 is 2.09. The minimum Gasteiger partial charge on any atom is -0.395 e. The summed E-state index contributed by atoms with van der Waals surface area (Å²) in [6, 6.07) is 0.345. The van der Waals surface area contributed by atoms with Gasteiger partial charge in [-0.2, -0.15) is 0 Å². The fourth-order valence-electron chi connectivity index (χ4n) is 2.57. The van der Waals surface area contributed by atoms with E-state index in [0.29, 0.717) is 12.0 Å². The van der Waals surface area contributed by atoms with E-state index in [0.717, 1.165) is 19.6 Å². The molecule has 1 aliphatic rings. The summed E-state index contributed by atoms with van der Waals surface area (Å²) in [6.45, 7) is 5.61. The van der Waals surface area contributed by atoms with Crippen LogP contribution in [-0.4, -0.2) is 45.3 Å². The van der Waals surface area contributed by atoms with Crippen molar-refractivity contribution in [2.45, 2.75) is 32.4 Å². The molecule has 1 saturated heterocycles. The normalized spacial score (nSPS) is 27.1. The maximum Gasteiger partial charge on any atom is 0.0946 e. The van der Waals surface area contributed by atoms with Crippen molar-refractivity contribution >= 4 is 0 Å². The lowest BCUT2D eigenvalue weighted by atomic mass is 9.91. The molecule has 2 rings (SSSR count). The van der Waals surface area contributed by atoms with E-state index in [1.807, 2.05) is 18.7 Å². The van der Waals surface area contributed by atoms with Crippen LogP contribution in [0.15, 0.2) is 18.7 Å². The van der Waals surface area contributed by atoms with Gasteiger partial charge in [-0.25, -0.2) is 4.98 Å². The zero-order chi connectivity index (χ0) is 11.4. The molecule has 0 amide bonds. The van der Waals surface area contributed by atoms with Crippen molar-refractivity contribution in [2.75, 3.05) is 19.7 Å². The van der Waals surface area contributed by atoms with Gasteiger partial charge in [0, 0.05) is 31.5 Å². The summed E-state index contributed by atoms with van der Waals surface area (Å²) in [4.78, 5) is 6.45. The van der Waals surface area contributed by atoms with E-state index < -0.39 is 0 Å². The number of hydrogen-bond acceptors (Lipinski definition) is 3. The number of aromatic nitrogens is 2. The summed E-state index contributed by atoms with van der Waals surface area (Å²) in [5.41, 5.74) is 0. The number of rotatable bonds is 4. The number of aliphatic hydroxyl groups excluding tert-OH is 1. The van der Waals surface area contributed by atoms with E-state index in [9.17, 15) is 5.11 Å². The molecule has 1 fully saturated rings. The van der Waals surface area contributed by atoms with Gasteiger partial charge in [-0.15, -0.1) is 0 Å². The predicted octanol–water partition coefficient (Wildman–Crippen LogP) is 0.976. The Labute approximate surface area is 96.9 Å². The van der Waals surface area contributed by atoms with E-state index in [-0.39, 0.29) is 6.61 Å². The Morgan fingerprint density at radius 1 is 1.44 bits per heavy atom. The third-order valence-electron chi connectivity index (χ3n) is 3.62. The largest absolute Gasteiger partial charge is 0.395 e. The van der Waals surface area contributed by atoms with Gasteiger partial charge in [-0.3, -0.25) is 4.90 Å². The average molecular weight is 223 g/mol. The third kappa shape index (κ3) is 2.62. The van der Waals surface area contributed by atoms with Crippen LogP contribution in [0.3, 0.4) is 0 Å². The highest BCUT2D eigenvalue weighted by Gasteiger charge is 2.27. The van der Waals surface area contributed by atoms with Gasteiger partial charge in [0.25, 0.3) is 0 Å². The van der Waals surface area contributed by atoms with E-state index in [2.05, 4.69) is 21.4 Å². The molecule has 0 radical (unpaired) electrons. The minimum atomic E-state index is 0.283. The van der Waals surface area contributed by atoms with Gasteiger partial charge in [0.05, 0.1) is 12.9 Å². The lowest BCUT2D eigenvalue weighted by molar-refractivity contribution is 0.0505. The number of aliphatic hydroxyl groups is 1. The molecule has 0 saturated carbocycles. The van der Waals surface area contributed by atoms with Crippen LogP contribution in [0.5, 0.6) is 0 Å². The molecule has 4 nitrogen and oxygen atoms in total. The van der Waals surface area contributed by atoms with Crippen molar-refractivity contribution in [3.63, 3.8) is 0 Å². The first-order valence-electron chi connectivity index (χ1n) is 6.12. The predicted molar refractivity (Wildman–Crippen MR) is 63.1 cm³/mol. The van der Waals surface area contributed by atoms with Crippen molar-refractivity contribution < 1.29 is 5.11 Å². The van der Waals surface area contributed by atoms with Crippen LogP contribution in [0.2, 0.25) is 0 Å². The van der Waals surface area contributed by atoms with Crippen LogP contribution >= 0.6 is 0 Å². The first-order chi connectivity index (χ1) is 7.81. The second kappa shape index (κ2) is 5.46. The number of imidazole rings is 1. The molecule has 90 valence electrons. The Balaban J connectivity index is 1.87. The van der Waals surface area contributed by atoms with Gasteiger partial charge < -0.3 is 9.67 Å². The fourth-order valence-corrected chi connectivity index (χ4v) is 2.57. The second-order valence-electron chi connectivity index (χ2n) is 4.71. The summed E-state index contributed by atoms with van der Waals surface area (Å²) in [6.07, 6.45) is 8.14. The molecule has 16 heavy (non-hydrogen) atoms. The van der Waals surface area contributed by atoms with Crippen molar-refractivity contribution in [3.05, 3.63) is 18.7 Å². The first kappa shape index (κ1) is 11.6. The molecule has 2 unspecified atom stereocenters. The van der Waals surface area contributed by atoms with Gasteiger partial charge in [0.15, 0.2) is 0 Å². The highest BCUT2D eigenvalue weighted by Crippen LogP contribution is 2.22. The molecule has 1 N–H and O–H groups in total.